The van der Waals surface area contributed by atoms with Crippen molar-refractivity contribution in [1.82, 2.24) is 4.90 Å². The molecule has 110 valence electrons. The van der Waals surface area contributed by atoms with Crippen LogP contribution in [0.5, 0.6) is 0 Å². The van der Waals surface area contributed by atoms with Gasteiger partial charge in [0.05, 0.1) is 0 Å². The summed E-state index contributed by atoms with van der Waals surface area (Å²) in [6, 6.07) is 0. The molecule has 1 N–H and O–H groups in total. The highest BCUT2D eigenvalue weighted by molar-refractivity contribution is 5.87. The first-order chi connectivity index (χ1) is 8.56. The summed E-state index contributed by atoms with van der Waals surface area (Å²) in [6.45, 7) is 10.8. The first-order valence-electron chi connectivity index (χ1n) is 7.10. The van der Waals surface area contributed by atoms with Crippen molar-refractivity contribution in [2.75, 3.05) is 6.54 Å². The number of amides is 1. The second-order valence-corrected chi connectivity index (χ2v) is 7.30. The Labute approximate surface area is 116 Å². The third-order valence-electron chi connectivity index (χ3n) is 3.89. The van der Waals surface area contributed by atoms with Gasteiger partial charge in [0, 0.05) is 13.0 Å². The van der Waals surface area contributed by atoms with Gasteiger partial charge in [-0.05, 0) is 37.5 Å². The van der Waals surface area contributed by atoms with E-state index in [1.54, 1.807) is 11.8 Å². The van der Waals surface area contributed by atoms with Gasteiger partial charge in [0.15, 0.2) is 0 Å². The maximum Gasteiger partial charge on any atom is 0.329 e. The van der Waals surface area contributed by atoms with Crippen molar-refractivity contribution in [3.05, 3.63) is 0 Å². The maximum absolute atomic E-state index is 12.3. The normalized spacial score (nSPS) is 25.4. The maximum atomic E-state index is 12.3. The first kappa shape index (κ1) is 16.0. The number of hydrogen-bond acceptors (Lipinski definition) is 2. The molecule has 1 fully saturated rings. The largest absolute Gasteiger partial charge is 0.480 e. The zero-order valence-corrected chi connectivity index (χ0v) is 12.8. The molecule has 0 saturated carbocycles. The summed E-state index contributed by atoms with van der Waals surface area (Å²) >= 11 is 0. The third kappa shape index (κ3) is 3.95. The van der Waals surface area contributed by atoms with Crippen molar-refractivity contribution >= 4 is 11.9 Å². The van der Waals surface area contributed by atoms with Gasteiger partial charge >= 0.3 is 5.97 Å². The van der Waals surface area contributed by atoms with E-state index >= 15 is 0 Å². The number of carboxylic acid groups (broad SMARTS) is 1. The molecule has 1 aliphatic heterocycles. The number of carbonyl (C=O) groups is 2. The minimum atomic E-state index is -1.00. The van der Waals surface area contributed by atoms with Crippen LogP contribution in [0.3, 0.4) is 0 Å². The Morgan fingerprint density at radius 1 is 1.37 bits per heavy atom. The Morgan fingerprint density at radius 2 is 1.95 bits per heavy atom. The van der Waals surface area contributed by atoms with E-state index in [1.807, 2.05) is 0 Å². The van der Waals surface area contributed by atoms with Crippen molar-refractivity contribution in [2.24, 2.45) is 11.3 Å². The molecule has 1 saturated heterocycles. The lowest BCUT2D eigenvalue weighted by atomic mass is 9.84. The fourth-order valence-electron chi connectivity index (χ4n) is 3.11. The second-order valence-electron chi connectivity index (χ2n) is 7.30. The number of carboxylic acids is 1. The van der Waals surface area contributed by atoms with Crippen LogP contribution in [0.1, 0.15) is 60.3 Å². The summed E-state index contributed by atoms with van der Waals surface area (Å²) in [5.74, 6) is -0.618. The van der Waals surface area contributed by atoms with Gasteiger partial charge in [-0.2, -0.15) is 0 Å². The SMILES string of the molecule is CC(CC(=O)N1CCCC1(C)C(=O)O)CC(C)(C)C. The van der Waals surface area contributed by atoms with E-state index in [0.717, 1.165) is 12.8 Å². The van der Waals surface area contributed by atoms with Crippen LogP contribution < -0.4 is 0 Å². The average molecular weight is 269 g/mol. The summed E-state index contributed by atoms with van der Waals surface area (Å²) in [5.41, 5.74) is -0.806. The van der Waals surface area contributed by atoms with Gasteiger partial charge in [-0.25, -0.2) is 4.79 Å². The molecule has 0 radical (unpaired) electrons. The van der Waals surface area contributed by atoms with Crippen LogP contribution in [0.2, 0.25) is 0 Å². The molecule has 1 rings (SSSR count). The van der Waals surface area contributed by atoms with Crippen molar-refractivity contribution in [3.63, 3.8) is 0 Å². The summed E-state index contributed by atoms with van der Waals surface area (Å²) in [4.78, 5) is 25.2. The summed E-state index contributed by atoms with van der Waals surface area (Å²) in [7, 11) is 0. The van der Waals surface area contributed by atoms with Crippen molar-refractivity contribution in [3.8, 4) is 0 Å². The second kappa shape index (κ2) is 5.51. The molecule has 0 bridgehead atoms. The van der Waals surface area contributed by atoms with E-state index in [1.165, 1.54) is 0 Å². The smallest absolute Gasteiger partial charge is 0.329 e. The summed E-state index contributed by atoms with van der Waals surface area (Å²) in [6.07, 6.45) is 2.75. The molecule has 0 aromatic carbocycles. The number of likely N-dealkylation sites (tertiary alicyclic amines) is 1. The van der Waals surface area contributed by atoms with E-state index in [9.17, 15) is 14.7 Å². The number of hydrogen-bond donors (Lipinski definition) is 1. The molecule has 4 heteroatoms. The van der Waals surface area contributed by atoms with Gasteiger partial charge in [0.1, 0.15) is 5.54 Å². The van der Waals surface area contributed by atoms with Crippen LogP contribution in [-0.2, 0) is 9.59 Å². The fraction of sp³-hybridized carbons (Fsp3) is 0.867. The van der Waals surface area contributed by atoms with E-state index in [0.29, 0.717) is 19.4 Å². The first-order valence-corrected chi connectivity index (χ1v) is 7.10. The fourth-order valence-corrected chi connectivity index (χ4v) is 3.11. The predicted molar refractivity (Wildman–Crippen MR) is 74.8 cm³/mol. The topological polar surface area (TPSA) is 57.6 Å². The molecule has 0 aromatic heterocycles. The van der Waals surface area contributed by atoms with Crippen LogP contribution in [0, 0.1) is 11.3 Å². The Morgan fingerprint density at radius 3 is 2.42 bits per heavy atom. The molecule has 0 aliphatic carbocycles. The third-order valence-corrected chi connectivity index (χ3v) is 3.89. The number of carbonyl (C=O) groups excluding carboxylic acids is 1. The molecule has 0 spiro atoms. The standard InChI is InChI=1S/C15H27NO3/c1-11(10-14(2,3)4)9-12(17)16-8-6-7-15(16,5)13(18)19/h11H,6-10H2,1-5H3,(H,18,19). The molecule has 0 aromatic rings. The van der Waals surface area contributed by atoms with Crippen molar-refractivity contribution < 1.29 is 14.7 Å². The lowest BCUT2D eigenvalue weighted by Gasteiger charge is -2.32. The monoisotopic (exact) mass is 269 g/mol. The zero-order chi connectivity index (χ0) is 14.8. The molecule has 1 aliphatic rings. The quantitative estimate of drug-likeness (QED) is 0.853. The number of rotatable bonds is 4. The minimum Gasteiger partial charge on any atom is -0.480 e. The molecule has 19 heavy (non-hydrogen) atoms. The summed E-state index contributed by atoms with van der Waals surface area (Å²) < 4.78 is 0. The van der Waals surface area contributed by atoms with E-state index in [4.69, 9.17) is 0 Å². The molecule has 1 amide bonds. The van der Waals surface area contributed by atoms with Crippen LogP contribution >= 0.6 is 0 Å². The van der Waals surface area contributed by atoms with E-state index in [-0.39, 0.29) is 17.2 Å². The highest BCUT2D eigenvalue weighted by Gasteiger charge is 2.45. The molecule has 1 heterocycles. The van der Waals surface area contributed by atoms with Crippen LogP contribution in [-0.4, -0.2) is 34.0 Å². The van der Waals surface area contributed by atoms with Gasteiger partial charge in [-0.15, -0.1) is 0 Å². The highest BCUT2D eigenvalue weighted by Crippen LogP contribution is 2.32. The lowest BCUT2D eigenvalue weighted by molar-refractivity contribution is -0.155. The molecular formula is C15H27NO3. The van der Waals surface area contributed by atoms with E-state index in [2.05, 4.69) is 27.7 Å². The average Bonchev–Trinajstić information content (AvgIpc) is 2.58. The van der Waals surface area contributed by atoms with Gasteiger partial charge in [0.2, 0.25) is 5.91 Å². The van der Waals surface area contributed by atoms with Crippen molar-refractivity contribution in [1.29, 1.82) is 0 Å². The molecular weight excluding hydrogens is 242 g/mol. The lowest BCUT2D eigenvalue weighted by Crippen LogP contribution is -2.51. The molecule has 2 unspecified atom stereocenters. The Bertz CT molecular complexity index is 359. The van der Waals surface area contributed by atoms with Gasteiger partial charge in [-0.3, -0.25) is 4.79 Å². The Balaban J connectivity index is 2.66. The van der Waals surface area contributed by atoms with Gasteiger partial charge in [0.25, 0.3) is 0 Å². The molecule has 2 atom stereocenters. The predicted octanol–water partition coefficient (Wildman–Crippen LogP) is 2.91. The minimum absolute atomic E-state index is 0.0147. The Kier molecular flexibility index (Phi) is 4.64. The number of aliphatic carboxylic acids is 1. The number of nitrogens with zero attached hydrogens (tertiary/aromatic N) is 1. The zero-order valence-electron chi connectivity index (χ0n) is 12.8. The van der Waals surface area contributed by atoms with Gasteiger partial charge in [-0.1, -0.05) is 27.7 Å². The van der Waals surface area contributed by atoms with Crippen LogP contribution in [0.15, 0.2) is 0 Å². The van der Waals surface area contributed by atoms with Crippen LogP contribution in [0.25, 0.3) is 0 Å². The van der Waals surface area contributed by atoms with E-state index < -0.39 is 11.5 Å². The van der Waals surface area contributed by atoms with Crippen LogP contribution in [0.4, 0.5) is 0 Å². The summed E-state index contributed by atoms with van der Waals surface area (Å²) in [5, 5.41) is 9.32. The van der Waals surface area contributed by atoms with Crippen molar-refractivity contribution in [2.45, 2.75) is 65.8 Å². The highest BCUT2D eigenvalue weighted by atomic mass is 16.4. The molecule has 4 nitrogen and oxygen atoms in total. The Hall–Kier alpha value is -1.06. The van der Waals surface area contributed by atoms with Gasteiger partial charge < -0.3 is 10.0 Å².